The Labute approximate surface area is 163 Å². The normalized spacial score (nSPS) is 25.5. The molecule has 2 aliphatic rings. The fourth-order valence-electron chi connectivity index (χ4n) is 4.60. The summed E-state index contributed by atoms with van der Waals surface area (Å²) >= 11 is 0. The molecule has 2 saturated carbocycles. The van der Waals surface area contributed by atoms with Crippen molar-refractivity contribution in [2.75, 3.05) is 5.32 Å². The van der Waals surface area contributed by atoms with Crippen LogP contribution in [0.5, 0.6) is 0 Å². The van der Waals surface area contributed by atoms with Crippen molar-refractivity contribution < 1.29 is 14.0 Å². The molecule has 0 heterocycles. The third-order valence-electron chi connectivity index (χ3n) is 6.04. The first-order chi connectivity index (χ1) is 13.5. The molecule has 2 aliphatic carbocycles. The van der Waals surface area contributed by atoms with Gasteiger partial charge in [0.05, 0.1) is 5.92 Å². The van der Waals surface area contributed by atoms with E-state index in [9.17, 15) is 14.0 Å². The van der Waals surface area contributed by atoms with Gasteiger partial charge in [-0.05, 0) is 73.1 Å². The third kappa shape index (κ3) is 3.78. The minimum atomic E-state index is -0.385. The van der Waals surface area contributed by atoms with Gasteiger partial charge >= 0.3 is 0 Å². The molecule has 4 atom stereocenters. The van der Waals surface area contributed by atoms with Crippen molar-refractivity contribution in [2.24, 2.45) is 23.5 Å². The van der Waals surface area contributed by atoms with Crippen LogP contribution in [0.2, 0.25) is 0 Å². The van der Waals surface area contributed by atoms with Crippen molar-refractivity contribution in [3.8, 4) is 0 Å². The van der Waals surface area contributed by atoms with Gasteiger partial charge in [0.25, 0.3) is 5.91 Å². The fraction of sp³-hybridized carbons (Fsp3) is 0.364. The molecule has 2 bridgehead atoms. The van der Waals surface area contributed by atoms with Gasteiger partial charge in [-0.1, -0.05) is 12.1 Å². The molecule has 0 aromatic heterocycles. The molecule has 4 unspecified atom stereocenters. The average molecular weight is 381 g/mol. The number of rotatable bonds is 5. The Kier molecular flexibility index (Phi) is 5.13. The summed E-state index contributed by atoms with van der Waals surface area (Å²) in [5.74, 6) is 0.159. The van der Waals surface area contributed by atoms with Gasteiger partial charge < -0.3 is 16.4 Å². The first-order valence-corrected chi connectivity index (χ1v) is 9.70. The van der Waals surface area contributed by atoms with Gasteiger partial charge in [-0.25, -0.2) is 4.39 Å². The van der Waals surface area contributed by atoms with E-state index in [0.29, 0.717) is 29.6 Å². The Hall–Kier alpha value is -2.73. The van der Waals surface area contributed by atoms with Crippen LogP contribution in [-0.2, 0) is 11.3 Å². The minimum absolute atomic E-state index is 0.0277. The van der Waals surface area contributed by atoms with E-state index in [4.69, 9.17) is 5.73 Å². The summed E-state index contributed by atoms with van der Waals surface area (Å²) in [7, 11) is 0. The summed E-state index contributed by atoms with van der Waals surface area (Å²) in [6.45, 7) is 0.389. The molecule has 28 heavy (non-hydrogen) atoms. The zero-order valence-corrected chi connectivity index (χ0v) is 15.5. The highest BCUT2D eigenvalue weighted by molar-refractivity contribution is 6.04. The van der Waals surface area contributed by atoms with Crippen LogP contribution < -0.4 is 16.4 Å². The maximum Gasteiger partial charge on any atom is 0.255 e. The highest BCUT2D eigenvalue weighted by Crippen LogP contribution is 2.47. The fourth-order valence-corrected chi connectivity index (χ4v) is 4.60. The van der Waals surface area contributed by atoms with Gasteiger partial charge in [-0.3, -0.25) is 9.59 Å². The summed E-state index contributed by atoms with van der Waals surface area (Å²) in [5.41, 5.74) is 8.14. The lowest BCUT2D eigenvalue weighted by Gasteiger charge is -2.27. The van der Waals surface area contributed by atoms with Crippen molar-refractivity contribution in [2.45, 2.75) is 31.8 Å². The molecule has 4 N–H and O–H groups in total. The van der Waals surface area contributed by atoms with Crippen LogP contribution >= 0.6 is 0 Å². The molecule has 0 saturated heterocycles. The Morgan fingerprint density at radius 3 is 2.54 bits per heavy atom. The van der Waals surface area contributed by atoms with Crippen LogP contribution in [0.25, 0.3) is 0 Å². The second-order valence-electron chi connectivity index (χ2n) is 7.82. The first-order valence-electron chi connectivity index (χ1n) is 9.70. The predicted molar refractivity (Wildman–Crippen MR) is 105 cm³/mol. The lowest BCUT2D eigenvalue weighted by molar-refractivity contribution is -0.127. The monoisotopic (exact) mass is 381 g/mol. The number of carbonyl (C=O) groups excluding carboxylic acids is 2. The van der Waals surface area contributed by atoms with Crippen LogP contribution in [0.1, 0.15) is 35.2 Å². The van der Waals surface area contributed by atoms with Gasteiger partial charge in [0.1, 0.15) is 5.82 Å². The smallest absolute Gasteiger partial charge is 0.255 e. The number of hydrogen-bond donors (Lipinski definition) is 3. The highest BCUT2D eigenvalue weighted by atomic mass is 19.1. The molecule has 2 fully saturated rings. The van der Waals surface area contributed by atoms with Crippen LogP contribution in [0.15, 0.2) is 48.5 Å². The molecule has 2 amide bonds. The van der Waals surface area contributed by atoms with E-state index in [1.54, 1.807) is 6.07 Å². The van der Waals surface area contributed by atoms with E-state index >= 15 is 0 Å². The van der Waals surface area contributed by atoms with Crippen LogP contribution in [-0.4, -0.2) is 17.9 Å². The summed E-state index contributed by atoms with van der Waals surface area (Å²) in [6.07, 6.45) is 3.32. The Morgan fingerprint density at radius 1 is 1.07 bits per heavy atom. The number of carbonyl (C=O) groups is 2. The van der Waals surface area contributed by atoms with Crippen LogP contribution in [0.4, 0.5) is 10.1 Å². The molecule has 2 aromatic carbocycles. The van der Waals surface area contributed by atoms with Crippen LogP contribution in [0, 0.1) is 23.6 Å². The topological polar surface area (TPSA) is 84.2 Å². The number of fused-ring (bicyclic) bond motifs is 2. The SMILES string of the molecule is NC1C2CCC(C2)C1C(=O)NCc1cccc(NC(=O)c2ccc(F)cc2)c1. The third-order valence-corrected chi connectivity index (χ3v) is 6.04. The Bertz CT molecular complexity index is 882. The molecular formula is C22H24FN3O2. The van der Waals surface area contributed by atoms with Gasteiger partial charge in [0, 0.05) is 23.8 Å². The van der Waals surface area contributed by atoms with E-state index in [2.05, 4.69) is 10.6 Å². The molecule has 0 aliphatic heterocycles. The van der Waals surface area contributed by atoms with E-state index in [0.717, 1.165) is 24.8 Å². The molecule has 6 heteroatoms. The quantitative estimate of drug-likeness (QED) is 0.744. The summed E-state index contributed by atoms with van der Waals surface area (Å²) in [4.78, 5) is 24.9. The summed E-state index contributed by atoms with van der Waals surface area (Å²) in [6, 6.07) is 12.7. The molecule has 2 aromatic rings. The van der Waals surface area contributed by atoms with Crippen molar-refractivity contribution in [1.82, 2.24) is 5.32 Å². The number of halogens is 1. The Balaban J connectivity index is 1.35. The maximum absolute atomic E-state index is 13.0. The number of nitrogens with two attached hydrogens (primary N) is 1. The minimum Gasteiger partial charge on any atom is -0.352 e. The number of nitrogens with one attached hydrogen (secondary N) is 2. The maximum atomic E-state index is 13.0. The van der Waals surface area contributed by atoms with Crippen LogP contribution in [0.3, 0.4) is 0 Å². The number of hydrogen-bond acceptors (Lipinski definition) is 3. The summed E-state index contributed by atoms with van der Waals surface area (Å²) < 4.78 is 13.0. The number of benzene rings is 2. The molecular weight excluding hydrogens is 357 g/mol. The van der Waals surface area contributed by atoms with E-state index in [1.165, 1.54) is 24.3 Å². The Morgan fingerprint density at radius 2 is 1.82 bits per heavy atom. The molecule has 4 rings (SSSR count). The zero-order valence-electron chi connectivity index (χ0n) is 15.5. The highest BCUT2D eigenvalue weighted by Gasteiger charge is 2.48. The number of amides is 2. The predicted octanol–water partition coefficient (Wildman–Crippen LogP) is 3.07. The van der Waals surface area contributed by atoms with Crippen molar-refractivity contribution in [3.05, 3.63) is 65.5 Å². The van der Waals surface area contributed by atoms with E-state index in [1.807, 2.05) is 18.2 Å². The van der Waals surface area contributed by atoms with Gasteiger partial charge in [-0.15, -0.1) is 0 Å². The first kappa shape index (κ1) is 18.6. The lowest BCUT2D eigenvalue weighted by Crippen LogP contribution is -2.45. The zero-order chi connectivity index (χ0) is 19.7. The van der Waals surface area contributed by atoms with Gasteiger partial charge in [0.2, 0.25) is 5.91 Å². The van der Waals surface area contributed by atoms with Crippen molar-refractivity contribution in [1.29, 1.82) is 0 Å². The largest absolute Gasteiger partial charge is 0.352 e. The molecule has 5 nitrogen and oxygen atoms in total. The van der Waals surface area contributed by atoms with Gasteiger partial charge in [-0.2, -0.15) is 0 Å². The second kappa shape index (κ2) is 7.72. The van der Waals surface area contributed by atoms with E-state index < -0.39 is 0 Å². The van der Waals surface area contributed by atoms with Crippen molar-refractivity contribution >= 4 is 17.5 Å². The van der Waals surface area contributed by atoms with Crippen molar-refractivity contribution in [3.63, 3.8) is 0 Å². The lowest BCUT2D eigenvalue weighted by atomic mass is 9.84. The standard InChI is InChI=1S/C22H24FN3O2/c23-17-8-6-14(7-9-17)21(27)26-18-3-1-2-13(10-18)12-25-22(28)19-15-4-5-16(11-15)20(19)24/h1-3,6-10,15-16,19-20H,4-5,11-12,24H2,(H,25,28)(H,26,27). The second-order valence-corrected chi connectivity index (χ2v) is 7.82. The van der Waals surface area contributed by atoms with Gasteiger partial charge in [0.15, 0.2) is 0 Å². The molecule has 146 valence electrons. The van der Waals surface area contributed by atoms with E-state index in [-0.39, 0.29) is 29.6 Å². The molecule has 0 spiro atoms. The molecule has 0 radical (unpaired) electrons. The summed E-state index contributed by atoms with van der Waals surface area (Å²) in [5, 5.41) is 5.80. The number of anilines is 1. The average Bonchev–Trinajstić information content (AvgIpc) is 3.28.